The van der Waals surface area contributed by atoms with Gasteiger partial charge in [0.1, 0.15) is 16.5 Å². The van der Waals surface area contributed by atoms with E-state index in [2.05, 4.69) is 15.9 Å². The average Bonchev–Trinajstić information content (AvgIpc) is 2.07. The third-order valence-corrected chi connectivity index (χ3v) is 3.57. The van der Waals surface area contributed by atoms with Gasteiger partial charge in [0, 0.05) is 16.7 Å². The molecule has 0 amide bonds. The second-order valence-electron chi connectivity index (χ2n) is 3.32. The maximum atomic E-state index is 13.4. The van der Waals surface area contributed by atoms with Crippen molar-refractivity contribution < 1.29 is 17.5 Å². The van der Waals surface area contributed by atoms with Crippen molar-refractivity contribution in [3.8, 4) is 5.75 Å². The Morgan fingerprint density at radius 3 is 2.44 bits per heavy atom. The number of rotatable bonds is 3. The molecule has 0 N–H and O–H groups in total. The molecule has 0 atom stereocenters. The summed E-state index contributed by atoms with van der Waals surface area (Å²) >= 11 is 3.09. The van der Waals surface area contributed by atoms with Crippen LogP contribution in [0.1, 0.15) is 13.8 Å². The van der Waals surface area contributed by atoms with E-state index in [-0.39, 0.29) is 11.9 Å². The minimum absolute atomic E-state index is 0.144. The van der Waals surface area contributed by atoms with E-state index >= 15 is 0 Å². The first kappa shape index (κ1) is 13.7. The van der Waals surface area contributed by atoms with E-state index in [4.69, 9.17) is 15.4 Å². The summed E-state index contributed by atoms with van der Waals surface area (Å²) in [6.45, 7) is 3.55. The minimum atomic E-state index is -4.09. The summed E-state index contributed by atoms with van der Waals surface area (Å²) in [6, 6.07) is 2.06. The van der Waals surface area contributed by atoms with Crippen molar-refractivity contribution >= 4 is 35.7 Å². The fourth-order valence-corrected chi connectivity index (χ4v) is 2.54. The lowest BCUT2D eigenvalue weighted by molar-refractivity contribution is 0.239. The zero-order chi connectivity index (χ0) is 12.5. The molecule has 0 aliphatic carbocycles. The lowest BCUT2D eigenvalue weighted by Gasteiger charge is -2.12. The van der Waals surface area contributed by atoms with E-state index in [1.165, 1.54) is 0 Å². The van der Waals surface area contributed by atoms with Crippen LogP contribution in [0.25, 0.3) is 0 Å². The van der Waals surface area contributed by atoms with Crippen LogP contribution in [0.15, 0.2) is 21.5 Å². The van der Waals surface area contributed by atoms with Gasteiger partial charge < -0.3 is 4.74 Å². The number of benzene rings is 1. The Bertz CT molecular complexity index is 502. The van der Waals surface area contributed by atoms with Gasteiger partial charge >= 0.3 is 0 Å². The molecule has 0 aliphatic heterocycles. The highest BCUT2D eigenvalue weighted by Crippen LogP contribution is 2.32. The Hall–Kier alpha value is -0.330. The molecule has 1 aromatic rings. The van der Waals surface area contributed by atoms with Crippen molar-refractivity contribution in [1.29, 1.82) is 0 Å². The standard InChI is InChI=1S/C9H9BrClFO3S/c1-5(2)15-8-4-7(12)9(3-6(8)10)16(11,13)14/h3-5H,1-2H3. The van der Waals surface area contributed by atoms with Crippen LogP contribution in [0, 0.1) is 5.82 Å². The van der Waals surface area contributed by atoms with Crippen molar-refractivity contribution in [3.63, 3.8) is 0 Å². The summed E-state index contributed by atoms with van der Waals surface area (Å²) < 4.78 is 41.0. The lowest BCUT2D eigenvalue weighted by Crippen LogP contribution is -2.07. The van der Waals surface area contributed by atoms with Crippen LogP contribution in [0.2, 0.25) is 0 Å². The molecule has 0 bridgehead atoms. The van der Waals surface area contributed by atoms with Gasteiger partial charge in [0.05, 0.1) is 10.6 Å². The molecule has 1 aromatic carbocycles. The molecule has 0 saturated carbocycles. The Morgan fingerprint density at radius 1 is 1.44 bits per heavy atom. The molecule has 0 fully saturated rings. The van der Waals surface area contributed by atoms with Crippen molar-refractivity contribution in [2.24, 2.45) is 0 Å². The van der Waals surface area contributed by atoms with Crippen LogP contribution in [-0.4, -0.2) is 14.5 Å². The molecule has 7 heteroatoms. The van der Waals surface area contributed by atoms with E-state index < -0.39 is 19.8 Å². The smallest absolute Gasteiger partial charge is 0.264 e. The summed E-state index contributed by atoms with van der Waals surface area (Å²) in [5, 5.41) is 0. The van der Waals surface area contributed by atoms with E-state index in [0.717, 1.165) is 12.1 Å². The van der Waals surface area contributed by atoms with Crippen molar-refractivity contribution in [2.75, 3.05) is 0 Å². The summed E-state index contributed by atoms with van der Waals surface area (Å²) in [4.78, 5) is -0.572. The number of hydrogen-bond donors (Lipinski definition) is 0. The summed E-state index contributed by atoms with van der Waals surface area (Å²) in [7, 11) is 0.975. The number of hydrogen-bond acceptors (Lipinski definition) is 3. The summed E-state index contributed by atoms with van der Waals surface area (Å²) in [5.41, 5.74) is 0. The van der Waals surface area contributed by atoms with Gasteiger partial charge in [0.25, 0.3) is 9.05 Å². The van der Waals surface area contributed by atoms with Gasteiger partial charge in [-0.15, -0.1) is 0 Å². The quantitative estimate of drug-likeness (QED) is 0.798. The lowest BCUT2D eigenvalue weighted by atomic mass is 10.3. The molecule has 0 heterocycles. The Balaban J connectivity index is 3.28. The zero-order valence-corrected chi connectivity index (χ0v) is 11.7. The maximum absolute atomic E-state index is 13.4. The molecule has 0 aromatic heterocycles. The van der Waals surface area contributed by atoms with E-state index in [1.807, 2.05) is 0 Å². The molecule has 0 radical (unpaired) electrons. The molecular weight excluding hydrogens is 323 g/mol. The van der Waals surface area contributed by atoms with Crippen LogP contribution < -0.4 is 4.74 Å². The predicted molar refractivity (Wildman–Crippen MR) is 62.9 cm³/mol. The van der Waals surface area contributed by atoms with Crippen molar-refractivity contribution in [1.82, 2.24) is 0 Å². The van der Waals surface area contributed by atoms with Gasteiger partial charge in [-0.2, -0.15) is 0 Å². The fraction of sp³-hybridized carbons (Fsp3) is 0.333. The fourth-order valence-electron chi connectivity index (χ4n) is 1.04. The van der Waals surface area contributed by atoms with Gasteiger partial charge in [-0.1, -0.05) is 0 Å². The van der Waals surface area contributed by atoms with Gasteiger partial charge in [-0.05, 0) is 35.8 Å². The molecule has 0 unspecified atom stereocenters. The van der Waals surface area contributed by atoms with Gasteiger partial charge in [0.15, 0.2) is 0 Å². The molecule has 0 spiro atoms. The molecule has 16 heavy (non-hydrogen) atoms. The molecule has 0 aliphatic rings. The topological polar surface area (TPSA) is 43.4 Å². The second-order valence-corrected chi connectivity index (χ2v) is 6.71. The summed E-state index contributed by atoms with van der Waals surface area (Å²) in [5.74, 6) is -0.703. The molecule has 0 saturated heterocycles. The average molecular weight is 332 g/mol. The van der Waals surface area contributed by atoms with E-state index in [0.29, 0.717) is 4.47 Å². The van der Waals surface area contributed by atoms with Gasteiger partial charge in [0.2, 0.25) is 0 Å². The SMILES string of the molecule is CC(C)Oc1cc(F)c(S(=O)(=O)Cl)cc1Br. The Kier molecular flexibility index (Phi) is 4.20. The number of ether oxygens (including phenoxy) is 1. The van der Waals surface area contributed by atoms with Gasteiger partial charge in [-0.25, -0.2) is 12.8 Å². The first-order valence-corrected chi connectivity index (χ1v) is 7.42. The molecule has 1 rings (SSSR count). The van der Waals surface area contributed by atoms with Crippen molar-refractivity contribution in [3.05, 3.63) is 22.4 Å². The highest BCUT2D eigenvalue weighted by Gasteiger charge is 2.19. The summed E-state index contributed by atoms with van der Waals surface area (Å²) in [6.07, 6.45) is -0.144. The van der Waals surface area contributed by atoms with Crippen LogP contribution in [0.3, 0.4) is 0 Å². The Morgan fingerprint density at radius 2 is 2.00 bits per heavy atom. The van der Waals surface area contributed by atoms with Crippen LogP contribution in [0.4, 0.5) is 4.39 Å². The molecule has 90 valence electrons. The molecular formula is C9H9BrClFO3S. The third kappa shape index (κ3) is 3.33. The monoisotopic (exact) mass is 330 g/mol. The van der Waals surface area contributed by atoms with E-state index in [9.17, 15) is 12.8 Å². The third-order valence-electron chi connectivity index (χ3n) is 1.61. The van der Waals surface area contributed by atoms with Crippen LogP contribution in [0.5, 0.6) is 5.75 Å². The molecule has 3 nitrogen and oxygen atoms in total. The first-order valence-electron chi connectivity index (χ1n) is 4.32. The highest BCUT2D eigenvalue weighted by molar-refractivity contribution is 9.10. The predicted octanol–water partition coefficient (Wildman–Crippen LogP) is 3.30. The zero-order valence-electron chi connectivity index (χ0n) is 8.50. The Labute approximate surface area is 106 Å². The highest BCUT2D eigenvalue weighted by atomic mass is 79.9. The number of halogens is 3. The van der Waals surface area contributed by atoms with Crippen molar-refractivity contribution in [2.45, 2.75) is 24.8 Å². The normalized spacial score (nSPS) is 11.9. The van der Waals surface area contributed by atoms with Crippen LogP contribution >= 0.6 is 26.6 Å². The van der Waals surface area contributed by atoms with Gasteiger partial charge in [-0.3, -0.25) is 0 Å². The van der Waals surface area contributed by atoms with Crippen LogP contribution in [-0.2, 0) is 9.05 Å². The second kappa shape index (κ2) is 4.89. The largest absolute Gasteiger partial charge is 0.490 e. The first-order chi connectivity index (χ1) is 7.21. The maximum Gasteiger partial charge on any atom is 0.264 e. The van der Waals surface area contributed by atoms with E-state index in [1.54, 1.807) is 13.8 Å². The minimum Gasteiger partial charge on any atom is -0.490 e.